The average Bonchev–Trinajstić information content (AvgIpc) is 3.46. The normalized spacial score (nSPS) is 12.3. The Morgan fingerprint density at radius 2 is 1.91 bits per heavy atom. The molecule has 2 aromatic heterocycles. The molecule has 4 aromatic rings. The number of hydrogen-bond donors (Lipinski definition) is 5. The third-order valence-corrected chi connectivity index (χ3v) is 7.22. The lowest BCUT2D eigenvalue weighted by Crippen LogP contribution is -2.31. The fourth-order valence-corrected chi connectivity index (χ4v) is 5.95. The van der Waals surface area contributed by atoms with Crippen LogP contribution in [0.5, 0.6) is 0 Å². The molecule has 4 rings (SSSR count). The molecule has 0 atom stereocenters. The minimum Gasteiger partial charge on any atom is -0.474 e. The fraction of sp³-hybridized carbons (Fsp3) is 0.118. The highest BCUT2D eigenvalue weighted by Crippen LogP contribution is 2.40. The first-order chi connectivity index (χ1) is 16.0. The molecule has 0 unspecified atom stereocenters. The summed E-state index contributed by atoms with van der Waals surface area (Å²) in [4.78, 5) is 13.8. The molecular formula is C17H16N8O7S2. The van der Waals surface area contributed by atoms with E-state index in [2.05, 4.69) is 30.3 Å². The maximum atomic E-state index is 12.9. The van der Waals surface area contributed by atoms with E-state index in [9.17, 15) is 26.7 Å². The number of H-pyrrole nitrogens is 1. The van der Waals surface area contributed by atoms with Crippen molar-refractivity contribution in [2.45, 2.75) is 9.79 Å². The van der Waals surface area contributed by atoms with E-state index < -0.39 is 41.7 Å². The number of nitrogens with two attached hydrogens (primary N) is 2. The summed E-state index contributed by atoms with van der Waals surface area (Å²) in [6, 6.07) is 6.81. The molecule has 2 aromatic carbocycles. The Labute approximate surface area is 191 Å². The number of sulfonamides is 2. The number of nitrogens with one attached hydrogen (secondary N) is 2. The molecule has 0 saturated heterocycles. The molecule has 0 aliphatic carbocycles. The Hall–Kier alpha value is -3.77. The highest BCUT2D eigenvalue weighted by atomic mass is 32.2. The zero-order chi connectivity index (χ0) is 24.7. The number of oxazole rings is 1. The maximum absolute atomic E-state index is 12.9. The first kappa shape index (κ1) is 23.4. The zero-order valence-electron chi connectivity index (χ0n) is 17.0. The number of benzene rings is 2. The number of aromatic nitrogens is 5. The minimum atomic E-state index is -4.70. The first-order valence-electron chi connectivity index (χ1n) is 9.31. The second kappa shape index (κ2) is 8.54. The van der Waals surface area contributed by atoms with E-state index in [-0.39, 0.29) is 46.7 Å². The maximum Gasteiger partial charge on any atom is 0.392 e. The molecule has 178 valence electrons. The third-order valence-electron chi connectivity index (χ3n) is 4.59. The summed E-state index contributed by atoms with van der Waals surface area (Å²) in [5.74, 6) is -2.30. The minimum absolute atomic E-state index is 0.0419. The van der Waals surface area contributed by atoms with Crippen molar-refractivity contribution in [3.8, 4) is 22.5 Å². The molecule has 34 heavy (non-hydrogen) atoms. The van der Waals surface area contributed by atoms with Gasteiger partial charge >= 0.3 is 11.9 Å². The van der Waals surface area contributed by atoms with Crippen molar-refractivity contribution < 1.29 is 31.2 Å². The standard InChI is InChI=1S/C17H16N8O7S2/c18-6-7-20-34(30,31)11-5-4-8(12(14(11)33(19,28)29)15-22-24-25-23-15)9-2-1-3-10-13(9)21-16(32-10)17(26)27/h1-5,20H,6-7,18H2,(H,26,27)(H2,19,28,29)(H,22,23,24,25). The van der Waals surface area contributed by atoms with Gasteiger partial charge in [-0.3, -0.25) is 0 Å². The Kier molecular flexibility index (Phi) is 5.87. The van der Waals surface area contributed by atoms with E-state index in [1.165, 1.54) is 24.3 Å². The number of aromatic amines is 1. The van der Waals surface area contributed by atoms with Crippen LogP contribution in [-0.2, 0) is 20.0 Å². The van der Waals surface area contributed by atoms with Crippen molar-refractivity contribution in [2.24, 2.45) is 10.9 Å². The monoisotopic (exact) mass is 508 g/mol. The van der Waals surface area contributed by atoms with Gasteiger partial charge in [0.05, 0.1) is 5.56 Å². The molecule has 0 amide bonds. The van der Waals surface area contributed by atoms with Crippen LogP contribution in [0.4, 0.5) is 0 Å². The first-order valence-corrected chi connectivity index (χ1v) is 12.3. The van der Waals surface area contributed by atoms with Crippen LogP contribution in [0, 0.1) is 0 Å². The molecular weight excluding hydrogens is 492 g/mol. The van der Waals surface area contributed by atoms with Crippen LogP contribution >= 0.6 is 0 Å². The lowest BCUT2D eigenvalue weighted by Gasteiger charge is -2.16. The van der Waals surface area contributed by atoms with Crippen molar-refractivity contribution >= 4 is 37.1 Å². The second-order valence-electron chi connectivity index (χ2n) is 6.76. The number of carboxylic acids is 1. The highest BCUT2D eigenvalue weighted by molar-refractivity contribution is 7.92. The number of carboxylic acid groups (broad SMARTS) is 1. The Balaban J connectivity index is 2.13. The summed E-state index contributed by atoms with van der Waals surface area (Å²) >= 11 is 0. The molecule has 0 radical (unpaired) electrons. The van der Waals surface area contributed by atoms with Crippen LogP contribution in [0.3, 0.4) is 0 Å². The number of para-hydroxylation sites is 1. The van der Waals surface area contributed by atoms with Gasteiger partial charge in [-0.2, -0.15) is 5.21 Å². The van der Waals surface area contributed by atoms with E-state index in [0.717, 1.165) is 6.07 Å². The number of hydrogen-bond acceptors (Lipinski definition) is 11. The summed E-state index contributed by atoms with van der Waals surface area (Å²) < 4.78 is 58.5. The molecule has 2 heterocycles. The van der Waals surface area contributed by atoms with Gasteiger partial charge in [0.1, 0.15) is 15.3 Å². The largest absolute Gasteiger partial charge is 0.474 e. The Bertz CT molecular complexity index is 1610. The SMILES string of the molecule is NCCNS(=O)(=O)c1ccc(-c2cccc3oc(C(=O)O)nc23)c(-c2nn[nH]n2)c1S(N)(=O)=O. The van der Waals surface area contributed by atoms with Gasteiger partial charge in [0, 0.05) is 18.7 Å². The molecule has 15 nitrogen and oxygen atoms in total. The van der Waals surface area contributed by atoms with Gasteiger partial charge in [-0.15, -0.1) is 10.2 Å². The summed E-state index contributed by atoms with van der Waals surface area (Å²) in [5.41, 5.74) is 5.52. The van der Waals surface area contributed by atoms with Crippen molar-refractivity contribution in [2.75, 3.05) is 13.1 Å². The molecule has 17 heteroatoms. The van der Waals surface area contributed by atoms with Gasteiger partial charge in [0.15, 0.2) is 5.58 Å². The van der Waals surface area contributed by atoms with Crippen molar-refractivity contribution in [1.82, 2.24) is 30.3 Å². The van der Waals surface area contributed by atoms with Crippen LogP contribution in [0.1, 0.15) is 10.7 Å². The topological polar surface area (TPSA) is 250 Å². The van der Waals surface area contributed by atoms with Gasteiger partial charge in [-0.1, -0.05) is 18.2 Å². The fourth-order valence-electron chi connectivity index (χ4n) is 3.30. The van der Waals surface area contributed by atoms with Crippen LogP contribution in [-0.4, -0.2) is 66.6 Å². The predicted octanol–water partition coefficient (Wildman–Crippen LogP) is -0.742. The summed E-state index contributed by atoms with van der Waals surface area (Å²) in [6.45, 7) is -0.207. The second-order valence-corrected chi connectivity index (χ2v) is 9.99. The van der Waals surface area contributed by atoms with Gasteiger partial charge < -0.3 is 15.3 Å². The van der Waals surface area contributed by atoms with E-state index in [0.29, 0.717) is 0 Å². The predicted molar refractivity (Wildman–Crippen MR) is 115 cm³/mol. The van der Waals surface area contributed by atoms with Crippen LogP contribution in [0.25, 0.3) is 33.6 Å². The molecule has 7 N–H and O–H groups in total. The van der Waals surface area contributed by atoms with Gasteiger partial charge in [-0.05, 0) is 22.9 Å². The van der Waals surface area contributed by atoms with Crippen LogP contribution in [0.15, 0.2) is 44.5 Å². The van der Waals surface area contributed by atoms with Crippen molar-refractivity contribution in [1.29, 1.82) is 0 Å². The zero-order valence-corrected chi connectivity index (χ0v) is 18.6. The average molecular weight is 508 g/mol. The molecule has 0 aliphatic heterocycles. The number of aromatic carboxylic acids is 1. The number of fused-ring (bicyclic) bond motifs is 1. The van der Waals surface area contributed by atoms with E-state index in [1.807, 2.05) is 0 Å². The van der Waals surface area contributed by atoms with Gasteiger partial charge in [0.25, 0.3) is 0 Å². The summed E-state index contributed by atoms with van der Waals surface area (Å²) in [5, 5.41) is 27.9. The molecule has 0 aliphatic rings. The summed E-state index contributed by atoms with van der Waals surface area (Å²) in [6.07, 6.45) is 0. The third kappa shape index (κ3) is 4.13. The number of nitrogens with zero attached hydrogens (tertiary/aromatic N) is 4. The van der Waals surface area contributed by atoms with Gasteiger partial charge in [0.2, 0.25) is 25.9 Å². The summed E-state index contributed by atoms with van der Waals surface area (Å²) in [7, 11) is -9.09. The number of tetrazole rings is 1. The number of carbonyl (C=O) groups is 1. The van der Waals surface area contributed by atoms with E-state index in [1.54, 1.807) is 0 Å². The number of rotatable bonds is 8. The molecule has 0 spiro atoms. The van der Waals surface area contributed by atoms with Crippen LogP contribution < -0.4 is 15.6 Å². The van der Waals surface area contributed by atoms with Crippen molar-refractivity contribution in [3.63, 3.8) is 0 Å². The molecule has 0 bridgehead atoms. The van der Waals surface area contributed by atoms with Gasteiger partial charge in [-0.25, -0.2) is 36.5 Å². The Morgan fingerprint density at radius 1 is 1.15 bits per heavy atom. The highest BCUT2D eigenvalue weighted by Gasteiger charge is 2.32. The quantitative estimate of drug-likeness (QED) is 0.197. The Morgan fingerprint density at radius 3 is 2.53 bits per heavy atom. The van der Waals surface area contributed by atoms with E-state index in [4.69, 9.17) is 15.3 Å². The van der Waals surface area contributed by atoms with Crippen molar-refractivity contribution in [3.05, 3.63) is 36.2 Å². The molecule has 0 saturated carbocycles. The molecule has 0 fully saturated rings. The smallest absolute Gasteiger partial charge is 0.392 e. The lowest BCUT2D eigenvalue weighted by atomic mass is 9.98. The van der Waals surface area contributed by atoms with E-state index >= 15 is 0 Å². The van der Waals surface area contributed by atoms with Crippen LogP contribution in [0.2, 0.25) is 0 Å². The lowest BCUT2D eigenvalue weighted by molar-refractivity contribution is 0.0656. The number of primary sulfonamides is 1.